The van der Waals surface area contributed by atoms with Gasteiger partial charge in [0, 0.05) is 22.9 Å². The van der Waals surface area contributed by atoms with Gasteiger partial charge in [0.2, 0.25) is 0 Å². The predicted octanol–water partition coefficient (Wildman–Crippen LogP) is 6.40. The second-order valence-corrected chi connectivity index (χ2v) is 6.63. The minimum atomic E-state index is -0.195. The molecule has 3 aromatic carbocycles. The van der Waals surface area contributed by atoms with Gasteiger partial charge in [-0.05, 0) is 48.9 Å². The number of halogens is 1. The van der Waals surface area contributed by atoms with Crippen LogP contribution in [0.1, 0.15) is 11.1 Å². The number of carbonyl (C=O) groups excluding carboxylic acids is 1. The van der Waals surface area contributed by atoms with Gasteiger partial charge in [-0.1, -0.05) is 71.8 Å². The van der Waals surface area contributed by atoms with E-state index in [4.69, 9.17) is 11.6 Å². The summed E-state index contributed by atoms with van der Waals surface area (Å²) in [7, 11) is 0. The van der Waals surface area contributed by atoms with Gasteiger partial charge in [0.15, 0.2) is 0 Å². The molecule has 2 amide bonds. The van der Waals surface area contributed by atoms with Crippen LogP contribution in [0.15, 0.2) is 84.9 Å². The highest BCUT2D eigenvalue weighted by molar-refractivity contribution is 6.30. The molecule has 0 bridgehead atoms. The fourth-order valence-electron chi connectivity index (χ4n) is 2.61. The smallest absolute Gasteiger partial charge is 0.308 e. The Morgan fingerprint density at radius 2 is 1.63 bits per heavy atom. The summed E-state index contributed by atoms with van der Waals surface area (Å²) < 4.78 is 0. The molecule has 0 aromatic heterocycles. The first-order valence-corrected chi connectivity index (χ1v) is 9.12. The number of anilines is 2. The van der Waals surface area contributed by atoms with E-state index in [1.807, 2.05) is 73.7 Å². The summed E-state index contributed by atoms with van der Waals surface area (Å²) in [5, 5.41) is 3.56. The van der Waals surface area contributed by atoms with E-state index < -0.39 is 0 Å². The third-order valence-corrected chi connectivity index (χ3v) is 4.34. The molecule has 0 aliphatic heterocycles. The number of nitrogens with zero attached hydrogens (tertiary/aromatic N) is 1. The number of benzene rings is 3. The highest BCUT2D eigenvalue weighted by Crippen LogP contribution is 2.19. The maximum absolute atomic E-state index is 12.9. The monoisotopic (exact) mass is 376 g/mol. The Morgan fingerprint density at radius 1 is 0.963 bits per heavy atom. The number of aryl methyl sites for hydroxylation is 1. The van der Waals surface area contributed by atoms with Gasteiger partial charge in [0.05, 0.1) is 0 Å². The van der Waals surface area contributed by atoms with Crippen LogP contribution in [0.25, 0.3) is 6.08 Å². The van der Waals surface area contributed by atoms with Crippen molar-refractivity contribution in [2.45, 2.75) is 6.92 Å². The molecule has 0 aliphatic carbocycles. The SMILES string of the molecule is Cc1ccc(N(CC=Cc2ccccc2)C(=O)Nc2ccc(Cl)cc2)cc1. The Kier molecular flexibility index (Phi) is 6.29. The van der Waals surface area contributed by atoms with Crippen molar-refractivity contribution in [1.29, 1.82) is 0 Å². The quantitative estimate of drug-likeness (QED) is 0.549. The number of urea groups is 1. The fraction of sp³-hybridized carbons (Fsp3) is 0.0870. The molecular formula is C23H21ClN2O. The van der Waals surface area contributed by atoms with Crippen molar-refractivity contribution in [3.63, 3.8) is 0 Å². The molecule has 0 aliphatic rings. The molecule has 0 saturated carbocycles. The second-order valence-electron chi connectivity index (χ2n) is 6.20. The first kappa shape index (κ1) is 18.7. The Hall–Kier alpha value is -3.04. The van der Waals surface area contributed by atoms with Crippen LogP contribution in [0.4, 0.5) is 16.2 Å². The summed E-state index contributed by atoms with van der Waals surface area (Å²) >= 11 is 5.92. The zero-order chi connectivity index (χ0) is 19.1. The van der Waals surface area contributed by atoms with E-state index in [0.29, 0.717) is 17.3 Å². The molecule has 0 heterocycles. The molecule has 0 saturated heterocycles. The summed E-state index contributed by atoms with van der Waals surface area (Å²) in [6, 6.07) is 24.8. The van der Waals surface area contributed by atoms with Gasteiger partial charge in [-0.25, -0.2) is 4.79 Å². The second kappa shape index (κ2) is 9.06. The lowest BCUT2D eigenvalue weighted by atomic mass is 10.2. The molecule has 27 heavy (non-hydrogen) atoms. The van der Waals surface area contributed by atoms with E-state index in [9.17, 15) is 4.79 Å². The van der Waals surface area contributed by atoms with Gasteiger partial charge < -0.3 is 5.32 Å². The van der Waals surface area contributed by atoms with Crippen molar-refractivity contribution in [3.8, 4) is 0 Å². The van der Waals surface area contributed by atoms with E-state index in [1.165, 1.54) is 0 Å². The molecule has 3 aromatic rings. The number of amides is 2. The minimum Gasteiger partial charge on any atom is -0.308 e. The van der Waals surface area contributed by atoms with Crippen molar-refractivity contribution in [1.82, 2.24) is 0 Å². The predicted molar refractivity (Wildman–Crippen MR) is 114 cm³/mol. The summed E-state index contributed by atoms with van der Waals surface area (Å²) in [4.78, 5) is 14.6. The number of carbonyl (C=O) groups is 1. The Labute approximate surface area is 164 Å². The van der Waals surface area contributed by atoms with Crippen LogP contribution in [-0.4, -0.2) is 12.6 Å². The van der Waals surface area contributed by atoms with Gasteiger partial charge in [-0.3, -0.25) is 4.90 Å². The zero-order valence-electron chi connectivity index (χ0n) is 15.1. The molecule has 3 nitrogen and oxygen atoms in total. The first-order valence-electron chi connectivity index (χ1n) is 8.74. The van der Waals surface area contributed by atoms with E-state index in [2.05, 4.69) is 5.32 Å². The largest absolute Gasteiger partial charge is 0.326 e. The van der Waals surface area contributed by atoms with Crippen molar-refractivity contribution < 1.29 is 4.79 Å². The van der Waals surface area contributed by atoms with Crippen LogP contribution >= 0.6 is 11.6 Å². The number of nitrogens with one attached hydrogen (secondary N) is 1. The molecule has 4 heteroatoms. The van der Waals surface area contributed by atoms with E-state index in [-0.39, 0.29) is 6.03 Å². The molecule has 0 fully saturated rings. The zero-order valence-corrected chi connectivity index (χ0v) is 15.9. The molecule has 0 unspecified atom stereocenters. The van der Waals surface area contributed by atoms with Gasteiger partial charge in [0.25, 0.3) is 0 Å². The summed E-state index contributed by atoms with van der Waals surface area (Å²) in [6.45, 7) is 2.48. The average Bonchev–Trinajstić information content (AvgIpc) is 2.69. The molecule has 0 atom stereocenters. The first-order chi connectivity index (χ1) is 13.1. The molecule has 0 spiro atoms. The summed E-state index contributed by atoms with van der Waals surface area (Å²) in [5.41, 5.74) is 3.79. The molecule has 1 N–H and O–H groups in total. The van der Waals surface area contributed by atoms with Crippen molar-refractivity contribution in [3.05, 3.63) is 101 Å². The maximum Gasteiger partial charge on any atom is 0.326 e. The van der Waals surface area contributed by atoms with Crippen LogP contribution in [0.3, 0.4) is 0 Å². The van der Waals surface area contributed by atoms with Crippen molar-refractivity contribution >= 4 is 35.1 Å². The molecule has 0 radical (unpaired) electrons. The van der Waals surface area contributed by atoms with Crippen molar-refractivity contribution in [2.75, 3.05) is 16.8 Å². The molecular weight excluding hydrogens is 356 g/mol. The number of hydrogen-bond acceptors (Lipinski definition) is 1. The Morgan fingerprint density at radius 3 is 2.30 bits per heavy atom. The minimum absolute atomic E-state index is 0.195. The fourth-order valence-corrected chi connectivity index (χ4v) is 2.74. The number of hydrogen-bond donors (Lipinski definition) is 1. The lowest BCUT2D eigenvalue weighted by Crippen LogP contribution is -2.35. The average molecular weight is 377 g/mol. The highest BCUT2D eigenvalue weighted by Gasteiger charge is 2.14. The Bertz CT molecular complexity index is 903. The standard InChI is InChI=1S/C23H21ClN2O/c1-18-9-15-22(16-10-18)26(17-5-8-19-6-3-2-4-7-19)23(27)25-21-13-11-20(24)12-14-21/h2-16H,17H2,1H3,(H,25,27). The Balaban J connectivity index is 1.78. The lowest BCUT2D eigenvalue weighted by Gasteiger charge is -2.22. The molecule has 136 valence electrons. The van der Waals surface area contributed by atoms with Gasteiger partial charge in [-0.15, -0.1) is 0 Å². The van der Waals surface area contributed by atoms with E-state index in [0.717, 1.165) is 16.8 Å². The van der Waals surface area contributed by atoms with Gasteiger partial charge in [-0.2, -0.15) is 0 Å². The van der Waals surface area contributed by atoms with Crippen LogP contribution in [-0.2, 0) is 0 Å². The summed E-state index contributed by atoms with van der Waals surface area (Å²) in [6.07, 6.45) is 3.99. The van der Waals surface area contributed by atoms with Crippen LogP contribution < -0.4 is 10.2 Å². The molecule has 3 rings (SSSR count). The topological polar surface area (TPSA) is 32.3 Å². The van der Waals surface area contributed by atoms with Gasteiger partial charge >= 0.3 is 6.03 Å². The summed E-state index contributed by atoms with van der Waals surface area (Å²) in [5.74, 6) is 0. The third-order valence-electron chi connectivity index (χ3n) is 4.08. The number of rotatable bonds is 5. The van der Waals surface area contributed by atoms with Crippen LogP contribution in [0.2, 0.25) is 5.02 Å². The maximum atomic E-state index is 12.9. The third kappa shape index (κ3) is 5.47. The highest BCUT2D eigenvalue weighted by atomic mass is 35.5. The van der Waals surface area contributed by atoms with E-state index in [1.54, 1.807) is 29.2 Å². The normalized spacial score (nSPS) is 10.7. The van der Waals surface area contributed by atoms with Crippen molar-refractivity contribution in [2.24, 2.45) is 0 Å². The van der Waals surface area contributed by atoms with Gasteiger partial charge in [0.1, 0.15) is 0 Å². The van der Waals surface area contributed by atoms with Crippen LogP contribution in [0, 0.1) is 6.92 Å². The van der Waals surface area contributed by atoms with E-state index >= 15 is 0 Å². The lowest BCUT2D eigenvalue weighted by molar-refractivity contribution is 0.257. The van der Waals surface area contributed by atoms with Crippen LogP contribution in [0.5, 0.6) is 0 Å².